The fraction of sp³-hybridized carbons (Fsp3) is 0.667. The summed E-state index contributed by atoms with van der Waals surface area (Å²) < 4.78 is 1.59. The Labute approximate surface area is 70.2 Å². The van der Waals surface area contributed by atoms with E-state index in [-0.39, 0.29) is 0 Å². The van der Waals surface area contributed by atoms with Gasteiger partial charge in [0.25, 0.3) is 0 Å². The Morgan fingerprint density at radius 1 is 1.64 bits per heavy atom. The number of hydrogen-bond acceptors (Lipinski definition) is 4. The second-order valence-corrected chi connectivity index (χ2v) is 3.24. The van der Waals surface area contributed by atoms with Crippen molar-refractivity contribution in [2.24, 2.45) is 7.05 Å². The maximum Gasteiger partial charge on any atom is 0.218 e. The van der Waals surface area contributed by atoms with Crippen LogP contribution in [0.1, 0.15) is 5.82 Å². The van der Waals surface area contributed by atoms with Gasteiger partial charge in [-0.15, -0.1) is 0 Å². The van der Waals surface area contributed by atoms with Crippen molar-refractivity contribution < 1.29 is 0 Å². The van der Waals surface area contributed by atoms with Crippen molar-refractivity contribution in [1.29, 1.82) is 0 Å². The summed E-state index contributed by atoms with van der Waals surface area (Å²) in [7, 11) is 1.80. The molecule has 0 aliphatic rings. The Balaban J connectivity index is 2.58. The van der Waals surface area contributed by atoms with Gasteiger partial charge in [-0.1, -0.05) is 0 Å². The second kappa shape index (κ2) is 3.61. The zero-order valence-electron chi connectivity index (χ0n) is 6.74. The number of rotatable bonds is 3. The van der Waals surface area contributed by atoms with Gasteiger partial charge in [-0.2, -0.15) is 21.8 Å². The molecule has 0 aliphatic carbocycles. The highest BCUT2D eigenvalue weighted by Crippen LogP contribution is 2.01. The van der Waals surface area contributed by atoms with Crippen LogP contribution in [-0.4, -0.2) is 26.8 Å². The zero-order chi connectivity index (χ0) is 8.27. The van der Waals surface area contributed by atoms with E-state index in [0.29, 0.717) is 5.95 Å². The van der Waals surface area contributed by atoms with Crippen molar-refractivity contribution >= 4 is 17.7 Å². The number of aromatic nitrogens is 3. The molecule has 4 nitrogen and oxygen atoms in total. The van der Waals surface area contributed by atoms with Gasteiger partial charge in [-0.05, 0) is 6.26 Å². The van der Waals surface area contributed by atoms with E-state index in [9.17, 15) is 0 Å². The number of nitrogens with zero attached hydrogens (tertiary/aromatic N) is 3. The Morgan fingerprint density at radius 2 is 2.36 bits per heavy atom. The third kappa shape index (κ3) is 2.11. The minimum atomic E-state index is 0.487. The van der Waals surface area contributed by atoms with Gasteiger partial charge in [0.2, 0.25) is 5.95 Å². The molecule has 0 amide bonds. The predicted octanol–water partition coefficient (Wildman–Crippen LogP) is 0.303. The van der Waals surface area contributed by atoms with E-state index in [1.165, 1.54) is 0 Å². The minimum Gasteiger partial charge on any atom is -0.368 e. The zero-order valence-corrected chi connectivity index (χ0v) is 7.56. The van der Waals surface area contributed by atoms with Gasteiger partial charge in [0.05, 0.1) is 0 Å². The van der Waals surface area contributed by atoms with E-state index < -0.39 is 0 Å². The molecule has 1 rings (SSSR count). The molecule has 62 valence electrons. The lowest BCUT2D eigenvalue weighted by Gasteiger charge is -1.89. The molecule has 0 saturated heterocycles. The average molecular weight is 172 g/mol. The first-order chi connectivity index (χ1) is 5.24. The lowest BCUT2D eigenvalue weighted by Crippen LogP contribution is -1.97. The largest absolute Gasteiger partial charge is 0.368 e. The molecule has 0 saturated carbocycles. The van der Waals surface area contributed by atoms with E-state index >= 15 is 0 Å². The summed E-state index contributed by atoms with van der Waals surface area (Å²) >= 11 is 1.78. The molecule has 0 bridgehead atoms. The third-order valence-electron chi connectivity index (χ3n) is 1.37. The van der Waals surface area contributed by atoms with Crippen LogP contribution < -0.4 is 5.73 Å². The van der Waals surface area contributed by atoms with Crippen LogP contribution in [-0.2, 0) is 13.5 Å². The maximum absolute atomic E-state index is 5.49. The molecular weight excluding hydrogens is 160 g/mol. The Bertz CT molecular complexity index is 213. The van der Waals surface area contributed by atoms with Gasteiger partial charge in [0.15, 0.2) is 5.82 Å². The fourth-order valence-electron chi connectivity index (χ4n) is 0.751. The number of nitrogen functional groups attached to an aromatic ring is 1. The molecule has 1 heterocycles. The normalized spacial score (nSPS) is 10.4. The number of hydrogen-bond donors (Lipinski definition) is 1. The average Bonchev–Trinajstić information content (AvgIpc) is 2.28. The van der Waals surface area contributed by atoms with Crippen molar-refractivity contribution in [2.75, 3.05) is 17.7 Å². The molecule has 0 fully saturated rings. The first kappa shape index (κ1) is 8.39. The molecule has 0 aromatic carbocycles. The van der Waals surface area contributed by atoms with Crippen molar-refractivity contribution in [3.05, 3.63) is 5.82 Å². The maximum atomic E-state index is 5.49. The van der Waals surface area contributed by atoms with Crippen LogP contribution in [0.15, 0.2) is 0 Å². The fourth-order valence-corrected chi connectivity index (χ4v) is 1.14. The minimum absolute atomic E-state index is 0.487. The number of aryl methyl sites for hydroxylation is 2. The molecule has 1 aromatic rings. The summed E-state index contributed by atoms with van der Waals surface area (Å²) in [6.07, 6.45) is 2.96. The number of nitrogens with two attached hydrogens (primary N) is 1. The van der Waals surface area contributed by atoms with Gasteiger partial charge >= 0.3 is 0 Å². The molecular formula is C6H12N4S. The predicted molar refractivity (Wildman–Crippen MR) is 47.5 cm³/mol. The number of thioether (sulfide) groups is 1. The van der Waals surface area contributed by atoms with Crippen LogP contribution in [0, 0.1) is 0 Å². The van der Waals surface area contributed by atoms with Crippen molar-refractivity contribution in [1.82, 2.24) is 14.8 Å². The van der Waals surface area contributed by atoms with Crippen molar-refractivity contribution in [2.45, 2.75) is 6.42 Å². The van der Waals surface area contributed by atoms with Crippen LogP contribution in [0.25, 0.3) is 0 Å². The van der Waals surface area contributed by atoms with Gasteiger partial charge < -0.3 is 5.73 Å². The third-order valence-corrected chi connectivity index (χ3v) is 1.98. The summed E-state index contributed by atoms with van der Waals surface area (Å²) in [6, 6.07) is 0. The van der Waals surface area contributed by atoms with Crippen molar-refractivity contribution in [3.63, 3.8) is 0 Å². The lowest BCUT2D eigenvalue weighted by molar-refractivity contribution is 0.756. The second-order valence-electron chi connectivity index (χ2n) is 2.25. The van der Waals surface area contributed by atoms with Gasteiger partial charge in [0.1, 0.15) is 0 Å². The van der Waals surface area contributed by atoms with Gasteiger partial charge in [-0.25, -0.2) is 4.68 Å². The highest BCUT2D eigenvalue weighted by atomic mass is 32.2. The summed E-state index contributed by atoms with van der Waals surface area (Å²) in [5.41, 5.74) is 5.49. The molecule has 0 aliphatic heterocycles. The smallest absolute Gasteiger partial charge is 0.218 e. The van der Waals surface area contributed by atoms with E-state index in [2.05, 4.69) is 16.3 Å². The molecule has 0 radical (unpaired) electrons. The van der Waals surface area contributed by atoms with Gasteiger partial charge in [-0.3, -0.25) is 0 Å². The number of anilines is 1. The first-order valence-electron chi connectivity index (χ1n) is 3.38. The Hall–Kier alpha value is -0.710. The molecule has 1 aromatic heterocycles. The van der Waals surface area contributed by atoms with E-state index in [4.69, 9.17) is 5.73 Å². The standard InChI is InChI=1S/C6H12N4S/c1-10-6(7)8-5(9-10)3-4-11-2/h3-4H2,1-2H3,(H2,7,8,9). The topological polar surface area (TPSA) is 56.7 Å². The summed E-state index contributed by atoms with van der Waals surface area (Å²) in [4.78, 5) is 4.06. The summed E-state index contributed by atoms with van der Waals surface area (Å²) in [5, 5.41) is 4.11. The first-order valence-corrected chi connectivity index (χ1v) is 4.77. The van der Waals surface area contributed by atoms with E-state index in [1.807, 2.05) is 0 Å². The van der Waals surface area contributed by atoms with Crippen LogP contribution in [0.3, 0.4) is 0 Å². The molecule has 0 atom stereocenters. The molecule has 5 heteroatoms. The molecule has 11 heavy (non-hydrogen) atoms. The molecule has 0 spiro atoms. The van der Waals surface area contributed by atoms with Crippen LogP contribution in [0.4, 0.5) is 5.95 Å². The van der Waals surface area contributed by atoms with E-state index in [0.717, 1.165) is 18.0 Å². The highest BCUT2D eigenvalue weighted by molar-refractivity contribution is 7.98. The summed E-state index contributed by atoms with van der Waals surface area (Å²) in [6.45, 7) is 0. The van der Waals surface area contributed by atoms with Gasteiger partial charge in [0, 0.05) is 19.2 Å². The highest BCUT2D eigenvalue weighted by Gasteiger charge is 2.01. The lowest BCUT2D eigenvalue weighted by atomic mass is 10.5. The Morgan fingerprint density at radius 3 is 2.82 bits per heavy atom. The van der Waals surface area contributed by atoms with E-state index in [1.54, 1.807) is 23.5 Å². The molecule has 0 unspecified atom stereocenters. The molecule has 2 N–H and O–H groups in total. The quantitative estimate of drug-likeness (QED) is 0.712. The Kier molecular flexibility index (Phi) is 2.76. The van der Waals surface area contributed by atoms with Crippen LogP contribution >= 0.6 is 11.8 Å². The van der Waals surface area contributed by atoms with Crippen LogP contribution in [0.2, 0.25) is 0 Å². The monoisotopic (exact) mass is 172 g/mol. The van der Waals surface area contributed by atoms with Crippen LogP contribution in [0.5, 0.6) is 0 Å². The SMILES string of the molecule is CSCCc1nc(N)n(C)n1. The van der Waals surface area contributed by atoms with Crippen molar-refractivity contribution in [3.8, 4) is 0 Å². The summed E-state index contributed by atoms with van der Waals surface area (Å²) in [5.74, 6) is 2.36.